The van der Waals surface area contributed by atoms with Crippen LogP contribution in [0.15, 0.2) is 45.9 Å². The van der Waals surface area contributed by atoms with Gasteiger partial charge in [0.15, 0.2) is 5.65 Å². The lowest BCUT2D eigenvalue weighted by atomic mass is 10.1. The van der Waals surface area contributed by atoms with Crippen molar-refractivity contribution in [1.29, 1.82) is 0 Å². The summed E-state index contributed by atoms with van der Waals surface area (Å²) in [5.41, 5.74) is 4.82. The predicted octanol–water partition coefficient (Wildman–Crippen LogP) is 2.92. The van der Waals surface area contributed by atoms with Gasteiger partial charge in [0.2, 0.25) is 0 Å². The Bertz CT molecular complexity index is 1290. The molecule has 0 bridgehead atoms. The molecule has 5 rings (SSSR count). The van der Waals surface area contributed by atoms with Gasteiger partial charge in [0.25, 0.3) is 0 Å². The SMILES string of the molecule is Cc1cn2cc(-c3cc4ccc(N5CCN[C@@H](C)C5)cc4oc3=O)nc2c(C)n1. The monoisotopic (exact) mass is 389 g/mol. The number of nitrogens with zero attached hydrogens (tertiary/aromatic N) is 4. The van der Waals surface area contributed by atoms with Crippen molar-refractivity contribution in [3.63, 3.8) is 0 Å². The average molecular weight is 389 g/mol. The summed E-state index contributed by atoms with van der Waals surface area (Å²) in [5, 5.41) is 4.33. The van der Waals surface area contributed by atoms with E-state index in [2.05, 4.69) is 33.2 Å². The number of aromatic nitrogens is 3. The highest BCUT2D eigenvalue weighted by Crippen LogP contribution is 2.26. The van der Waals surface area contributed by atoms with E-state index in [0.717, 1.165) is 47.7 Å². The van der Waals surface area contributed by atoms with Crippen LogP contribution in [0.25, 0.3) is 27.9 Å². The number of nitrogens with one attached hydrogen (secondary N) is 1. The second-order valence-corrected chi connectivity index (χ2v) is 7.80. The first-order valence-electron chi connectivity index (χ1n) is 9.87. The van der Waals surface area contributed by atoms with Gasteiger partial charge in [-0.15, -0.1) is 0 Å². The highest BCUT2D eigenvalue weighted by Gasteiger charge is 2.18. The second kappa shape index (κ2) is 6.70. The van der Waals surface area contributed by atoms with Crippen molar-refractivity contribution in [1.82, 2.24) is 19.7 Å². The van der Waals surface area contributed by atoms with E-state index < -0.39 is 0 Å². The molecule has 29 heavy (non-hydrogen) atoms. The molecule has 1 aliphatic heterocycles. The molecule has 0 radical (unpaired) electrons. The summed E-state index contributed by atoms with van der Waals surface area (Å²) in [5.74, 6) is 0. The molecule has 1 fully saturated rings. The van der Waals surface area contributed by atoms with E-state index in [9.17, 15) is 4.79 Å². The standard InChI is InChI=1S/C22H23N5O2/c1-13-10-26(7-6-23-13)17-5-4-16-8-18(22(28)29-20(16)9-17)19-12-27-11-14(2)24-15(3)21(27)25-19/h4-5,8-9,11-13,23H,6-7,10H2,1-3H3/t13-/m0/s1. The number of hydrogen-bond donors (Lipinski definition) is 1. The first-order chi connectivity index (χ1) is 14.0. The zero-order valence-corrected chi connectivity index (χ0v) is 16.8. The maximum absolute atomic E-state index is 12.7. The molecule has 4 heterocycles. The van der Waals surface area contributed by atoms with Crippen LogP contribution in [0.1, 0.15) is 18.3 Å². The molecular weight excluding hydrogens is 366 g/mol. The summed E-state index contributed by atoms with van der Waals surface area (Å²) in [6.07, 6.45) is 3.76. The molecule has 0 saturated carbocycles. The number of benzene rings is 1. The molecule has 7 heteroatoms. The van der Waals surface area contributed by atoms with Crippen LogP contribution in [0.2, 0.25) is 0 Å². The molecule has 1 saturated heterocycles. The van der Waals surface area contributed by atoms with E-state index in [-0.39, 0.29) is 5.63 Å². The number of anilines is 1. The van der Waals surface area contributed by atoms with Gasteiger partial charge in [-0.2, -0.15) is 0 Å². The Morgan fingerprint density at radius 3 is 2.86 bits per heavy atom. The molecule has 1 atom stereocenters. The Hall–Kier alpha value is -3.19. The molecular formula is C22H23N5O2. The minimum absolute atomic E-state index is 0.380. The molecule has 4 aromatic rings. The zero-order valence-electron chi connectivity index (χ0n) is 16.8. The summed E-state index contributed by atoms with van der Waals surface area (Å²) < 4.78 is 7.60. The maximum Gasteiger partial charge on any atom is 0.345 e. The average Bonchev–Trinajstić information content (AvgIpc) is 3.11. The van der Waals surface area contributed by atoms with Gasteiger partial charge in [-0.1, -0.05) is 0 Å². The third kappa shape index (κ3) is 3.17. The van der Waals surface area contributed by atoms with Crippen molar-refractivity contribution in [2.75, 3.05) is 24.5 Å². The number of fused-ring (bicyclic) bond motifs is 2. The second-order valence-electron chi connectivity index (χ2n) is 7.80. The Balaban J connectivity index is 1.58. The number of rotatable bonds is 2. The number of imidazole rings is 1. The van der Waals surface area contributed by atoms with Gasteiger partial charge in [-0.25, -0.2) is 9.78 Å². The van der Waals surface area contributed by atoms with Crippen LogP contribution in [0.3, 0.4) is 0 Å². The van der Waals surface area contributed by atoms with E-state index >= 15 is 0 Å². The van der Waals surface area contributed by atoms with Gasteiger partial charge < -0.3 is 19.0 Å². The summed E-state index contributed by atoms with van der Waals surface area (Å²) in [6, 6.07) is 8.36. The topological polar surface area (TPSA) is 75.7 Å². The van der Waals surface area contributed by atoms with Crippen LogP contribution in [-0.2, 0) is 0 Å². The van der Waals surface area contributed by atoms with Crippen molar-refractivity contribution < 1.29 is 4.42 Å². The van der Waals surface area contributed by atoms with E-state index in [1.54, 1.807) is 0 Å². The van der Waals surface area contributed by atoms with Crippen LogP contribution >= 0.6 is 0 Å². The van der Waals surface area contributed by atoms with Crippen molar-refractivity contribution in [2.45, 2.75) is 26.8 Å². The quantitative estimate of drug-likeness (QED) is 0.531. The van der Waals surface area contributed by atoms with Crippen LogP contribution in [0.4, 0.5) is 5.69 Å². The molecule has 1 N–H and O–H groups in total. The molecule has 148 valence electrons. The van der Waals surface area contributed by atoms with Crippen LogP contribution in [-0.4, -0.2) is 40.0 Å². The van der Waals surface area contributed by atoms with Gasteiger partial charge in [0.05, 0.1) is 22.6 Å². The van der Waals surface area contributed by atoms with Crippen molar-refractivity contribution >= 4 is 22.3 Å². The first kappa shape index (κ1) is 17.9. The Kier molecular flexibility index (Phi) is 4.13. The van der Waals surface area contributed by atoms with Crippen LogP contribution in [0.5, 0.6) is 0 Å². The van der Waals surface area contributed by atoms with E-state index in [0.29, 0.717) is 22.9 Å². The van der Waals surface area contributed by atoms with Crippen molar-refractivity contribution in [3.8, 4) is 11.3 Å². The fourth-order valence-electron chi connectivity index (χ4n) is 4.08. The Labute approximate surface area is 168 Å². The molecule has 0 aliphatic carbocycles. The normalized spacial score (nSPS) is 17.3. The highest BCUT2D eigenvalue weighted by molar-refractivity contribution is 5.84. The van der Waals surface area contributed by atoms with Crippen molar-refractivity contribution in [2.24, 2.45) is 0 Å². The summed E-state index contributed by atoms with van der Waals surface area (Å²) in [4.78, 5) is 24.1. The molecule has 0 unspecified atom stereocenters. The summed E-state index contributed by atoms with van der Waals surface area (Å²) >= 11 is 0. The van der Waals surface area contributed by atoms with E-state index in [4.69, 9.17) is 4.42 Å². The third-order valence-electron chi connectivity index (χ3n) is 5.46. The Morgan fingerprint density at radius 1 is 1.17 bits per heavy atom. The third-order valence-corrected chi connectivity index (χ3v) is 5.46. The molecule has 1 aromatic carbocycles. The number of piperazine rings is 1. The van der Waals surface area contributed by atoms with Crippen LogP contribution < -0.4 is 15.8 Å². The van der Waals surface area contributed by atoms with Gasteiger partial charge in [0, 0.05) is 55.2 Å². The predicted molar refractivity (Wildman–Crippen MR) is 114 cm³/mol. The largest absolute Gasteiger partial charge is 0.422 e. The molecule has 7 nitrogen and oxygen atoms in total. The zero-order chi connectivity index (χ0) is 20.1. The number of aryl methyl sites for hydroxylation is 2. The highest BCUT2D eigenvalue weighted by atomic mass is 16.4. The van der Waals surface area contributed by atoms with Crippen molar-refractivity contribution in [3.05, 3.63) is 58.5 Å². The van der Waals surface area contributed by atoms with Gasteiger partial charge in [-0.05, 0) is 39.0 Å². The smallest absolute Gasteiger partial charge is 0.345 e. The fourth-order valence-corrected chi connectivity index (χ4v) is 4.08. The first-order valence-corrected chi connectivity index (χ1v) is 9.87. The fraction of sp³-hybridized carbons (Fsp3) is 0.318. The van der Waals surface area contributed by atoms with Gasteiger partial charge in [0.1, 0.15) is 5.58 Å². The minimum atomic E-state index is -0.380. The minimum Gasteiger partial charge on any atom is -0.422 e. The lowest BCUT2D eigenvalue weighted by Gasteiger charge is -2.33. The molecule has 0 spiro atoms. The Morgan fingerprint density at radius 2 is 2.03 bits per heavy atom. The van der Waals surface area contributed by atoms with E-state index in [1.165, 1.54) is 0 Å². The maximum atomic E-state index is 12.7. The lowest BCUT2D eigenvalue weighted by Crippen LogP contribution is -2.49. The van der Waals surface area contributed by atoms with E-state index in [1.807, 2.05) is 48.8 Å². The van der Waals surface area contributed by atoms with Gasteiger partial charge >= 0.3 is 5.63 Å². The van der Waals surface area contributed by atoms with Gasteiger partial charge in [-0.3, -0.25) is 4.98 Å². The molecule has 0 amide bonds. The molecule has 1 aliphatic rings. The van der Waals surface area contributed by atoms with Crippen LogP contribution in [0, 0.1) is 13.8 Å². The summed E-state index contributed by atoms with van der Waals surface area (Å²) in [7, 11) is 0. The lowest BCUT2D eigenvalue weighted by molar-refractivity contribution is 0.484. The summed E-state index contributed by atoms with van der Waals surface area (Å²) in [6.45, 7) is 8.85. The molecule has 3 aromatic heterocycles. The number of hydrogen-bond acceptors (Lipinski definition) is 6.